The van der Waals surface area contributed by atoms with Crippen molar-refractivity contribution in [3.63, 3.8) is 0 Å². The summed E-state index contributed by atoms with van der Waals surface area (Å²) in [6, 6.07) is 14.6. The molecule has 3 heterocycles. The zero-order valence-electron chi connectivity index (χ0n) is 25.0. The van der Waals surface area contributed by atoms with Gasteiger partial charge in [-0.3, -0.25) is 9.48 Å². The lowest BCUT2D eigenvalue weighted by Gasteiger charge is -2.22. The number of sulfone groups is 2. The molecule has 10 nitrogen and oxygen atoms in total. The number of nitrogens with one attached hydrogen (secondary N) is 1. The lowest BCUT2D eigenvalue weighted by molar-refractivity contribution is -0.136. The second-order valence-corrected chi connectivity index (χ2v) is 16.1. The Labute approximate surface area is 269 Å². The summed E-state index contributed by atoms with van der Waals surface area (Å²) in [7, 11) is -7.80. The molecule has 1 aliphatic rings. The van der Waals surface area contributed by atoms with E-state index in [2.05, 4.69) is 10.1 Å². The van der Waals surface area contributed by atoms with Crippen molar-refractivity contribution in [1.29, 1.82) is 0 Å². The van der Waals surface area contributed by atoms with Gasteiger partial charge in [0.1, 0.15) is 11.6 Å². The van der Waals surface area contributed by atoms with Crippen molar-refractivity contribution >= 4 is 36.5 Å². The molecule has 1 aliphatic heterocycles. The number of benzene rings is 3. The lowest BCUT2D eigenvalue weighted by atomic mass is 9.99. The topological polar surface area (TPSA) is 148 Å². The van der Waals surface area contributed by atoms with Crippen LogP contribution in [0.1, 0.15) is 35.6 Å². The number of rotatable bonds is 4. The number of aromatic amines is 1. The van der Waals surface area contributed by atoms with Gasteiger partial charge >= 0.3 is 5.97 Å². The van der Waals surface area contributed by atoms with Gasteiger partial charge < -0.3 is 14.8 Å². The maximum absolute atomic E-state index is 15.5. The minimum absolute atomic E-state index is 0.0284. The van der Waals surface area contributed by atoms with E-state index in [0.29, 0.717) is 27.7 Å². The summed E-state index contributed by atoms with van der Waals surface area (Å²) in [5.74, 6) is -4.56. The number of carbonyl (C=O) groups is 1. The molecular formula is C33H31F2N3O7S2. The predicted molar refractivity (Wildman–Crippen MR) is 172 cm³/mol. The van der Waals surface area contributed by atoms with Crippen molar-refractivity contribution in [2.24, 2.45) is 0 Å². The van der Waals surface area contributed by atoms with Crippen molar-refractivity contribution < 1.29 is 40.3 Å². The van der Waals surface area contributed by atoms with Gasteiger partial charge in [-0.25, -0.2) is 25.6 Å². The first kappa shape index (κ1) is 32.4. The summed E-state index contributed by atoms with van der Waals surface area (Å²) in [5.41, 5.74) is 2.37. The second-order valence-electron chi connectivity index (χ2n) is 11.5. The highest BCUT2D eigenvalue weighted by Gasteiger charge is 2.27. The number of carboxylic acid groups (broad SMARTS) is 1. The average molecular weight is 684 g/mol. The molecule has 0 saturated carbocycles. The molecule has 47 heavy (non-hydrogen) atoms. The fourth-order valence-electron chi connectivity index (χ4n) is 5.88. The number of hydrogen-bond donors (Lipinski definition) is 2. The Kier molecular flexibility index (Phi) is 8.90. The monoisotopic (exact) mass is 683 g/mol. The average Bonchev–Trinajstić information content (AvgIpc) is 3.70. The molecule has 0 amide bonds. The molecule has 2 N–H and O–H groups in total. The summed E-state index contributed by atoms with van der Waals surface area (Å²) in [6.45, 7) is 0. The predicted octanol–water partition coefficient (Wildman–Crippen LogP) is 5.48. The molecule has 1 unspecified atom stereocenters. The Morgan fingerprint density at radius 1 is 0.957 bits per heavy atom. The normalized spacial score (nSPS) is 18.0. The smallest absolute Gasteiger partial charge is 0.303 e. The Hall–Kier alpha value is -4.56. The Morgan fingerprint density at radius 2 is 1.74 bits per heavy atom. The van der Waals surface area contributed by atoms with Crippen LogP contribution >= 0.6 is 0 Å². The van der Waals surface area contributed by atoms with Gasteiger partial charge in [0.05, 0.1) is 34.7 Å². The number of hydrogen-bond acceptors (Lipinski definition) is 7. The van der Waals surface area contributed by atoms with E-state index in [1.54, 1.807) is 42.6 Å². The Morgan fingerprint density at radius 3 is 2.53 bits per heavy atom. The van der Waals surface area contributed by atoms with E-state index < -0.39 is 66.3 Å². The van der Waals surface area contributed by atoms with Crippen LogP contribution in [0.25, 0.3) is 22.2 Å². The molecule has 0 radical (unpaired) electrons. The molecule has 5 aromatic rings. The molecular weight excluding hydrogens is 653 g/mol. The van der Waals surface area contributed by atoms with Crippen molar-refractivity contribution in [2.75, 3.05) is 23.0 Å². The van der Waals surface area contributed by atoms with E-state index in [1.807, 2.05) is 0 Å². The van der Waals surface area contributed by atoms with Gasteiger partial charge in [0.2, 0.25) is 0 Å². The van der Waals surface area contributed by atoms with E-state index in [1.165, 1.54) is 35.1 Å². The largest absolute Gasteiger partial charge is 0.481 e. The maximum Gasteiger partial charge on any atom is 0.303 e. The lowest BCUT2D eigenvalue weighted by Crippen LogP contribution is -2.24. The highest BCUT2D eigenvalue weighted by Crippen LogP contribution is 2.38. The molecule has 0 saturated heterocycles. The number of H-pyrrole nitrogens is 1. The first-order chi connectivity index (χ1) is 22.4. The SMILES string of the molecule is O=C(O)CCc1cccc(C2CCS(=O)(=O)CCS(=O)(=O)CCc3c(c(F)cc4[nH]ccc34)Oc3ccc(F)c(c3)-c3ccnn32)c1. The molecule has 14 heteroatoms. The standard InChI is InChI=1S/C33H31F2N3O7S2/c34-27-6-5-23-19-26(27)31-9-13-37-38(31)30(22-3-1-2-21(18-22)4-7-32(39)40)11-15-47(43,44)17-16-46(41,42)14-10-25-24-8-12-36-29(24)20-28(35)33(25)45-23/h1-3,5-6,8-9,12-13,18-20,30,36H,4,7,10-11,14-17H2,(H,39,40). The van der Waals surface area contributed by atoms with Gasteiger partial charge in [-0.05, 0) is 60.7 Å². The minimum Gasteiger partial charge on any atom is -0.481 e. The maximum atomic E-state index is 15.5. The number of halogens is 2. The molecule has 246 valence electrons. The third-order valence-corrected chi connectivity index (χ3v) is 11.9. The summed E-state index contributed by atoms with van der Waals surface area (Å²) in [6.07, 6.45) is 2.98. The third-order valence-electron chi connectivity index (χ3n) is 8.30. The van der Waals surface area contributed by atoms with Crippen LogP contribution < -0.4 is 4.74 Å². The summed E-state index contributed by atoms with van der Waals surface area (Å²) < 4.78 is 91.3. The van der Waals surface area contributed by atoms with Crippen LogP contribution in [-0.4, -0.2) is 65.7 Å². The van der Waals surface area contributed by atoms with Crippen LogP contribution in [0.3, 0.4) is 0 Å². The van der Waals surface area contributed by atoms with Gasteiger partial charge in [-0.2, -0.15) is 5.10 Å². The van der Waals surface area contributed by atoms with E-state index in [0.717, 1.165) is 0 Å². The van der Waals surface area contributed by atoms with Crippen LogP contribution in [-0.2, 0) is 37.3 Å². The van der Waals surface area contributed by atoms with Crippen LogP contribution in [0.2, 0.25) is 0 Å². The van der Waals surface area contributed by atoms with Crippen molar-refractivity contribution in [2.45, 2.75) is 31.7 Å². The number of carboxylic acids is 1. The molecule has 6 rings (SSSR count). The summed E-state index contributed by atoms with van der Waals surface area (Å²) in [4.78, 5) is 14.1. The van der Waals surface area contributed by atoms with Crippen molar-refractivity contribution in [3.05, 3.63) is 101 Å². The van der Waals surface area contributed by atoms with Crippen molar-refractivity contribution in [1.82, 2.24) is 14.8 Å². The number of ether oxygens (including phenoxy) is 1. The van der Waals surface area contributed by atoms with Gasteiger partial charge in [0.15, 0.2) is 31.2 Å². The van der Waals surface area contributed by atoms with Gasteiger partial charge in [0.25, 0.3) is 0 Å². The minimum atomic E-state index is -3.90. The fraction of sp³-hybridized carbons (Fsp3) is 0.273. The number of aryl methyl sites for hydroxylation is 2. The third kappa shape index (κ3) is 7.23. The molecule has 1 atom stereocenters. The van der Waals surface area contributed by atoms with Gasteiger partial charge in [0, 0.05) is 46.9 Å². The van der Waals surface area contributed by atoms with Crippen LogP contribution in [0.4, 0.5) is 8.78 Å². The Bertz CT molecular complexity index is 2190. The van der Waals surface area contributed by atoms with Crippen LogP contribution in [0.15, 0.2) is 73.1 Å². The zero-order chi connectivity index (χ0) is 33.3. The van der Waals surface area contributed by atoms with E-state index in [4.69, 9.17) is 4.74 Å². The number of aromatic nitrogens is 3. The number of nitrogens with zero attached hydrogens (tertiary/aromatic N) is 2. The van der Waals surface area contributed by atoms with E-state index in [9.17, 15) is 26.7 Å². The second kappa shape index (κ2) is 12.9. The molecule has 0 fully saturated rings. The number of aliphatic carboxylic acids is 1. The molecule has 0 spiro atoms. The Balaban J connectivity index is 1.50. The zero-order valence-corrected chi connectivity index (χ0v) is 26.7. The quantitative estimate of drug-likeness (QED) is 0.253. The van der Waals surface area contributed by atoms with E-state index in [-0.39, 0.29) is 48.3 Å². The van der Waals surface area contributed by atoms with Gasteiger partial charge in [-0.15, -0.1) is 0 Å². The summed E-state index contributed by atoms with van der Waals surface area (Å²) >= 11 is 0. The fourth-order valence-corrected chi connectivity index (χ4v) is 9.42. The van der Waals surface area contributed by atoms with Crippen LogP contribution in [0.5, 0.6) is 11.5 Å². The van der Waals surface area contributed by atoms with Gasteiger partial charge in [-0.1, -0.05) is 24.3 Å². The highest BCUT2D eigenvalue weighted by atomic mass is 32.2. The van der Waals surface area contributed by atoms with Crippen molar-refractivity contribution in [3.8, 4) is 22.8 Å². The van der Waals surface area contributed by atoms with Crippen LogP contribution in [0, 0.1) is 11.6 Å². The summed E-state index contributed by atoms with van der Waals surface area (Å²) in [5, 5.41) is 14.1. The molecule has 3 aromatic carbocycles. The molecule has 2 aromatic heterocycles. The highest BCUT2D eigenvalue weighted by molar-refractivity contribution is 7.95. The number of fused-ring (bicyclic) bond motifs is 7. The molecule has 0 aliphatic carbocycles. The first-order valence-corrected chi connectivity index (χ1v) is 18.5. The first-order valence-electron chi connectivity index (χ1n) is 14.9. The van der Waals surface area contributed by atoms with E-state index >= 15 is 8.78 Å². The molecule has 2 bridgehead atoms.